The number of aromatic nitrogens is 2. The quantitative estimate of drug-likeness (QED) is 0.598. The first-order valence-corrected chi connectivity index (χ1v) is 7.10. The molecule has 0 spiro atoms. The highest BCUT2D eigenvalue weighted by molar-refractivity contribution is 7.99. The van der Waals surface area contributed by atoms with Gasteiger partial charge in [0.1, 0.15) is 5.75 Å². The number of thioether (sulfide) groups is 1. The molecule has 0 atom stereocenters. The summed E-state index contributed by atoms with van der Waals surface area (Å²) in [6, 6.07) is 10.0. The van der Waals surface area contributed by atoms with Crippen LogP contribution in [0.2, 0.25) is 0 Å². The molecule has 2 aromatic rings. The molecule has 0 aliphatic rings. The van der Waals surface area contributed by atoms with Gasteiger partial charge in [0.25, 0.3) is 0 Å². The molecule has 1 aromatic heterocycles. The number of ether oxygens (including phenoxy) is 1. The van der Waals surface area contributed by atoms with Crippen LogP contribution in [0.3, 0.4) is 0 Å². The molecule has 0 saturated heterocycles. The van der Waals surface area contributed by atoms with Crippen LogP contribution in [0.25, 0.3) is 5.69 Å². The van der Waals surface area contributed by atoms with E-state index in [-0.39, 0.29) is 0 Å². The highest BCUT2D eigenvalue weighted by atomic mass is 32.2. The van der Waals surface area contributed by atoms with Gasteiger partial charge in [0.05, 0.1) is 12.7 Å². The van der Waals surface area contributed by atoms with E-state index in [1.807, 2.05) is 42.0 Å². The maximum atomic E-state index is 8.56. The van der Waals surface area contributed by atoms with Crippen molar-refractivity contribution in [3.05, 3.63) is 36.7 Å². The minimum Gasteiger partial charge on any atom is -0.494 e. The van der Waals surface area contributed by atoms with Crippen molar-refractivity contribution in [2.24, 2.45) is 0 Å². The summed E-state index contributed by atoms with van der Waals surface area (Å²) in [7, 11) is 0. The number of hydrogen-bond donors (Lipinski definition) is 0. The fourth-order valence-electron chi connectivity index (χ4n) is 1.65. The van der Waals surface area contributed by atoms with Crippen LogP contribution in [-0.4, -0.2) is 21.9 Å². The standard InChI is InChI=1S/C14H15N3OS/c1-2-18-13-6-4-12(5-7-13)17-10-9-16-14(17)19-11-3-8-15/h4-7,9-10H,2-3,11H2,1H3. The summed E-state index contributed by atoms with van der Waals surface area (Å²) in [5.41, 5.74) is 1.04. The van der Waals surface area contributed by atoms with Crippen molar-refractivity contribution in [2.45, 2.75) is 18.5 Å². The van der Waals surface area contributed by atoms with Crippen molar-refractivity contribution >= 4 is 11.8 Å². The molecule has 4 nitrogen and oxygen atoms in total. The predicted octanol–water partition coefficient (Wildman–Crippen LogP) is 3.28. The van der Waals surface area contributed by atoms with Crippen LogP contribution in [0.1, 0.15) is 13.3 Å². The molecule has 0 fully saturated rings. The molecule has 98 valence electrons. The highest BCUT2D eigenvalue weighted by Gasteiger charge is 2.05. The molecule has 0 aliphatic carbocycles. The maximum Gasteiger partial charge on any atom is 0.172 e. The van der Waals surface area contributed by atoms with Gasteiger partial charge in [-0.15, -0.1) is 0 Å². The Kier molecular flexibility index (Phi) is 4.87. The predicted molar refractivity (Wildman–Crippen MR) is 75.7 cm³/mol. The first kappa shape index (κ1) is 13.5. The molecule has 5 heteroatoms. The van der Waals surface area contributed by atoms with Crippen molar-refractivity contribution in [2.75, 3.05) is 12.4 Å². The van der Waals surface area contributed by atoms with Gasteiger partial charge in [-0.2, -0.15) is 5.26 Å². The van der Waals surface area contributed by atoms with Crippen LogP contribution in [0.4, 0.5) is 0 Å². The third-order valence-electron chi connectivity index (χ3n) is 2.48. The number of hydrogen-bond acceptors (Lipinski definition) is 4. The second-order valence-electron chi connectivity index (χ2n) is 3.76. The van der Waals surface area contributed by atoms with Crippen LogP contribution < -0.4 is 4.74 Å². The zero-order chi connectivity index (χ0) is 13.5. The summed E-state index contributed by atoms with van der Waals surface area (Å²) in [4.78, 5) is 4.31. The van der Waals surface area contributed by atoms with Crippen LogP contribution in [0, 0.1) is 11.3 Å². The van der Waals surface area contributed by atoms with E-state index in [1.54, 1.807) is 18.0 Å². The lowest BCUT2D eigenvalue weighted by Crippen LogP contribution is -1.96. The van der Waals surface area contributed by atoms with E-state index in [1.165, 1.54) is 0 Å². The molecule has 0 saturated carbocycles. The van der Waals surface area contributed by atoms with Gasteiger partial charge < -0.3 is 4.74 Å². The van der Waals surface area contributed by atoms with E-state index in [9.17, 15) is 0 Å². The molecule has 19 heavy (non-hydrogen) atoms. The zero-order valence-electron chi connectivity index (χ0n) is 10.7. The summed E-state index contributed by atoms with van der Waals surface area (Å²) in [6.07, 6.45) is 4.22. The topological polar surface area (TPSA) is 50.8 Å². The van der Waals surface area contributed by atoms with Crippen molar-refractivity contribution in [3.8, 4) is 17.5 Å². The van der Waals surface area contributed by atoms with Gasteiger partial charge in [-0.3, -0.25) is 4.57 Å². The lowest BCUT2D eigenvalue weighted by Gasteiger charge is -2.08. The third kappa shape index (κ3) is 3.52. The number of benzene rings is 1. The van der Waals surface area contributed by atoms with Crippen LogP contribution >= 0.6 is 11.8 Å². The van der Waals surface area contributed by atoms with Crippen LogP contribution in [0.5, 0.6) is 5.75 Å². The molecule has 0 N–H and O–H groups in total. The van der Waals surface area contributed by atoms with Gasteiger partial charge in [-0.25, -0.2) is 4.98 Å². The van der Waals surface area contributed by atoms with Crippen molar-refractivity contribution in [1.29, 1.82) is 5.26 Å². The molecular formula is C14H15N3OS. The van der Waals surface area contributed by atoms with Gasteiger partial charge in [0.2, 0.25) is 0 Å². The molecule has 0 amide bonds. The first-order valence-electron chi connectivity index (χ1n) is 6.11. The highest BCUT2D eigenvalue weighted by Crippen LogP contribution is 2.22. The number of nitrogens with zero attached hydrogens (tertiary/aromatic N) is 3. The summed E-state index contributed by atoms with van der Waals surface area (Å²) in [6.45, 7) is 2.63. The van der Waals surface area contributed by atoms with E-state index in [4.69, 9.17) is 10.00 Å². The fourth-order valence-corrected chi connectivity index (χ4v) is 2.47. The Morgan fingerprint density at radius 3 is 2.84 bits per heavy atom. The molecule has 0 unspecified atom stereocenters. The fraction of sp³-hybridized carbons (Fsp3) is 0.286. The third-order valence-corrected chi connectivity index (χ3v) is 3.45. The zero-order valence-corrected chi connectivity index (χ0v) is 11.6. The van der Waals surface area contributed by atoms with E-state index >= 15 is 0 Å². The minimum atomic E-state index is 0.529. The van der Waals surface area contributed by atoms with E-state index < -0.39 is 0 Å². The Labute approximate surface area is 117 Å². The lowest BCUT2D eigenvalue weighted by atomic mass is 10.3. The summed E-state index contributed by atoms with van der Waals surface area (Å²) < 4.78 is 7.43. The number of imidazole rings is 1. The molecule has 1 aromatic carbocycles. The SMILES string of the molecule is CCOc1ccc(-n2ccnc2SCCC#N)cc1. The Morgan fingerprint density at radius 1 is 1.37 bits per heavy atom. The first-order chi connectivity index (χ1) is 9.35. The average molecular weight is 273 g/mol. The Morgan fingerprint density at radius 2 is 2.16 bits per heavy atom. The van der Waals surface area contributed by atoms with Gasteiger partial charge in [-0.05, 0) is 31.2 Å². The number of nitriles is 1. The largest absolute Gasteiger partial charge is 0.494 e. The van der Waals surface area contributed by atoms with E-state index in [0.717, 1.165) is 22.3 Å². The van der Waals surface area contributed by atoms with Gasteiger partial charge in [0, 0.05) is 30.3 Å². The maximum absolute atomic E-state index is 8.56. The average Bonchev–Trinajstić information content (AvgIpc) is 2.89. The Hall–Kier alpha value is -1.93. The second kappa shape index (κ2) is 6.86. The molecular weight excluding hydrogens is 258 g/mol. The van der Waals surface area contributed by atoms with Crippen LogP contribution in [0.15, 0.2) is 41.8 Å². The Bertz CT molecular complexity index is 557. The van der Waals surface area contributed by atoms with Crippen molar-refractivity contribution < 1.29 is 4.74 Å². The second-order valence-corrected chi connectivity index (χ2v) is 4.83. The molecule has 0 bridgehead atoms. The van der Waals surface area contributed by atoms with Gasteiger partial charge >= 0.3 is 0 Å². The van der Waals surface area contributed by atoms with Crippen molar-refractivity contribution in [1.82, 2.24) is 9.55 Å². The van der Waals surface area contributed by atoms with Crippen molar-refractivity contribution in [3.63, 3.8) is 0 Å². The van der Waals surface area contributed by atoms with E-state index in [2.05, 4.69) is 11.1 Å². The summed E-state index contributed by atoms with van der Waals surface area (Å²) in [5, 5.41) is 9.46. The van der Waals surface area contributed by atoms with Crippen LogP contribution in [-0.2, 0) is 0 Å². The summed E-state index contributed by atoms with van der Waals surface area (Å²) >= 11 is 1.59. The minimum absolute atomic E-state index is 0.529. The summed E-state index contributed by atoms with van der Waals surface area (Å²) in [5.74, 6) is 1.62. The monoisotopic (exact) mass is 273 g/mol. The molecule has 1 heterocycles. The smallest absolute Gasteiger partial charge is 0.172 e. The molecule has 0 radical (unpaired) electrons. The Balaban J connectivity index is 2.13. The van der Waals surface area contributed by atoms with E-state index in [0.29, 0.717) is 13.0 Å². The van der Waals surface area contributed by atoms with Gasteiger partial charge in [-0.1, -0.05) is 11.8 Å². The molecule has 0 aliphatic heterocycles. The number of rotatable bonds is 6. The normalized spacial score (nSPS) is 10.1. The molecule has 2 rings (SSSR count). The lowest BCUT2D eigenvalue weighted by molar-refractivity contribution is 0.340. The van der Waals surface area contributed by atoms with Gasteiger partial charge in [0.15, 0.2) is 5.16 Å².